The second-order valence-corrected chi connectivity index (χ2v) is 4.87. The summed E-state index contributed by atoms with van der Waals surface area (Å²) in [6, 6.07) is 0. The highest BCUT2D eigenvalue weighted by molar-refractivity contribution is 6.00. The van der Waals surface area contributed by atoms with Gasteiger partial charge in [0.2, 0.25) is 0 Å². The van der Waals surface area contributed by atoms with Crippen LogP contribution in [-0.4, -0.2) is 30.7 Å². The molecule has 0 atom stereocenters. The van der Waals surface area contributed by atoms with Gasteiger partial charge in [0.1, 0.15) is 5.60 Å². The lowest BCUT2D eigenvalue weighted by molar-refractivity contribution is -0.146. The Morgan fingerprint density at radius 2 is 1.73 bits per heavy atom. The molecule has 0 fully saturated rings. The lowest BCUT2D eigenvalue weighted by Crippen LogP contribution is -2.41. The normalized spacial score (nSPS) is 12.7. The first-order valence-corrected chi connectivity index (χ1v) is 5.02. The predicted octanol–water partition coefficient (Wildman–Crippen LogP) is 2.35. The average molecular weight is 214 g/mol. The van der Waals surface area contributed by atoms with Gasteiger partial charge in [-0.25, -0.2) is 0 Å². The van der Waals surface area contributed by atoms with Crippen molar-refractivity contribution in [1.29, 1.82) is 0 Å². The monoisotopic (exact) mass is 214 g/mol. The van der Waals surface area contributed by atoms with Gasteiger partial charge in [-0.05, 0) is 40.2 Å². The molecule has 0 spiro atoms. The van der Waals surface area contributed by atoms with Crippen LogP contribution in [0.5, 0.6) is 0 Å². The van der Waals surface area contributed by atoms with Crippen molar-refractivity contribution in [3.05, 3.63) is 12.2 Å². The number of ketones is 1. The number of ether oxygens (including phenoxy) is 2. The van der Waals surface area contributed by atoms with Crippen molar-refractivity contribution < 1.29 is 14.3 Å². The summed E-state index contributed by atoms with van der Waals surface area (Å²) in [7, 11) is 1.62. The zero-order chi connectivity index (χ0) is 12.3. The van der Waals surface area contributed by atoms with Crippen molar-refractivity contribution in [2.75, 3.05) is 13.7 Å². The highest BCUT2D eigenvalue weighted by atomic mass is 16.5. The lowest BCUT2D eigenvalue weighted by Gasteiger charge is -2.30. The second-order valence-electron chi connectivity index (χ2n) is 4.87. The van der Waals surface area contributed by atoms with Gasteiger partial charge in [-0.3, -0.25) is 4.79 Å². The van der Waals surface area contributed by atoms with Crippen LogP contribution in [0.2, 0.25) is 0 Å². The first kappa shape index (κ1) is 14.3. The molecule has 0 aromatic carbocycles. The zero-order valence-electron chi connectivity index (χ0n) is 10.6. The summed E-state index contributed by atoms with van der Waals surface area (Å²) in [5, 5.41) is 0. The molecule has 88 valence electrons. The van der Waals surface area contributed by atoms with Gasteiger partial charge in [-0.1, -0.05) is 6.58 Å². The van der Waals surface area contributed by atoms with Crippen LogP contribution in [0, 0.1) is 0 Å². The fraction of sp³-hybridized carbons (Fsp3) is 0.750. The molecule has 0 aliphatic heterocycles. The van der Waals surface area contributed by atoms with Crippen molar-refractivity contribution in [1.82, 2.24) is 0 Å². The van der Waals surface area contributed by atoms with E-state index in [1.807, 2.05) is 13.8 Å². The van der Waals surface area contributed by atoms with Crippen LogP contribution in [0.1, 0.15) is 34.6 Å². The van der Waals surface area contributed by atoms with Gasteiger partial charge in [0, 0.05) is 7.11 Å². The molecule has 0 radical (unpaired) electrons. The highest BCUT2D eigenvalue weighted by Crippen LogP contribution is 2.18. The Kier molecular flexibility index (Phi) is 4.68. The molecule has 0 unspecified atom stereocenters. The molecule has 3 nitrogen and oxygen atoms in total. The molecule has 0 heterocycles. The molecular formula is C12H22O3. The minimum atomic E-state index is -0.832. The highest BCUT2D eigenvalue weighted by Gasteiger charge is 2.31. The third-order valence-electron chi connectivity index (χ3n) is 2.27. The molecule has 0 aliphatic rings. The van der Waals surface area contributed by atoms with Crippen molar-refractivity contribution in [3.8, 4) is 0 Å². The Hall–Kier alpha value is -0.670. The zero-order valence-corrected chi connectivity index (χ0v) is 10.6. The predicted molar refractivity (Wildman–Crippen MR) is 60.9 cm³/mol. The molecule has 15 heavy (non-hydrogen) atoms. The molecule has 3 heteroatoms. The maximum absolute atomic E-state index is 11.7. The summed E-state index contributed by atoms with van der Waals surface area (Å²) >= 11 is 0. The summed E-state index contributed by atoms with van der Waals surface area (Å²) in [5.41, 5.74) is -0.705. The van der Waals surface area contributed by atoms with E-state index in [0.29, 0.717) is 12.2 Å². The Bertz CT molecular complexity index is 252. The Morgan fingerprint density at radius 1 is 1.27 bits per heavy atom. The molecule has 0 N–H and O–H groups in total. The van der Waals surface area contributed by atoms with Crippen molar-refractivity contribution in [2.24, 2.45) is 0 Å². The Morgan fingerprint density at radius 3 is 2.07 bits per heavy atom. The number of hydrogen-bond donors (Lipinski definition) is 0. The van der Waals surface area contributed by atoms with Crippen LogP contribution in [0.25, 0.3) is 0 Å². The number of carbonyl (C=O) groups is 1. The van der Waals surface area contributed by atoms with E-state index >= 15 is 0 Å². The van der Waals surface area contributed by atoms with Gasteiger partial charge < -0.3 is 9.47 Å². The fourth-order valence-electron chi connectivity index (χ4n) is 0.993. The van der Waals surface area contributed by atoms with E-state index in [0.717, 1.165) is 0 Å². The molecule has 0 amide bonds. The smallest absolute Gasteiger partial charge is 0.189 e. The summed E-state index contributed by atoms with van der Waals surface area (Å²) in [4.78, 5) is 11.7. The third kappa shape index (κ3) is 4.58. The molecule has 0 aromatic heterocycles. The molecule has 0 bridgehead atoms. The van der Waals surface area contributed by atoms with E-state index in [4.69, 9.17) is 9.47 Å². The van der Waals surface area contributed by atoms with E-state index in [-0.39, 0.29) is 11.4 Å². The second kappa shape index (κ2) is 4.90. The Labute approximate surface area is 92.5 Å². The molecule has 0 aromatic rings. The first-order chi connectivity index (χ1) is 6.62. The van der Waals surface area contributed by atoms with E-state index in [1.54, 1.807) is 27.9 Å². The standard InChI is InChI=1S/C12H22O3/c1-9(2)10(13)12(5,6)15-8-11(3,4)14-7/h1,8H2,2-7H3. The quantitative estimate of drug-likeness (QED) is 0.637. The van der Waals surface area contributed by atoms with Crippen LogP contribution in [-0.2, 0) is 14.3 Å². The summed E-state index contributed by atoms with van der Waals surface area (Å²) in [6.07, 6.45) is 0. The number of Topliss-reactive ketones (excluding diaryl/α,β-unsaturated/α-hetero) is 1. The SMILES string of the molecule is C=C(C)C(=O)C(C)(C)OCC(C)(C)OC. The van der Waals surface area contributed by atoms with Gasteiger partial charge in [-0.15, -0.1) is 0 Å². The van der Waals surface area contributed by atoms with Crippen LogP contribution < -0.4 is 0 Å². The van der Waals surface area contributed by atoms with Gasteiger partial charge in [-0.2, -0.15) is 0 Å². The largest absolute Gasteiger partial charge is 0.376 e. The van der Waals surface area contributed by atoms with Crippen LogP contribution in [0.15, 0.2) is 12.2 Å². The van der Waals surface area contributed by atoms with Crippen molar-refractivity contribution in [3.63, 3.8) is 0 Å². The van der Waals surface area contributed by atoms with Gasteiger partial charge >= 0.3 is 0 Å². The van der Waals surface area contributed by atoms with Crippen LogP contribution >= 0.6 is 0 Å². The molecular weight excluding hydrogens is 192 g/mol. The topological polar surface area (TPSA) is 35.5 Å². The van der Waals surface area contributed by atoms with Gasteiger partial charge in [0.15, 0.2) is 5.78 Å². The van der Waals surface area contributed by atoms with Crippen LogP contribution in [0.4, 0.5) is 0 Å². The van der Waals surface area contributed by atoms with Crippen molar-refractivity contribution in [2.45, 2.75) is 45.8 Å². The average Bonchev–Trinajstić information content (AvgIpc) is 2.14. The minimum Gasteiger partial charge on any atom is -0.376 e. The van der Waals surface area contributed by atoms with Gasteiger partial charge in [0.25, 0.3) is 0 Å². The van der Waals surface area contributed by atoms with Crippen molar-refractivity contribution >= 4 is 5.78 Å². The van der Waals surface area contributed by atoms with E-state index in [2.05, 4.69) is 6.58 Å². The maximum atomic E-state index is 11.7. The van der Waals surface area contributed by atoms with E-state index in [9.17, 15) is 4.79 Å². The van der Waals surface area contributed by atoms with Crippen LogP contribution in [0.3, 0.4) is 0 Å². The van der Waals surface area contributed by atoms with Gasteiger partial charge in [0.05, 0.1) is 12.2 Å². The third-order valence-corrected chi connectivity index (χ3v) is 2.27. The molecule has 0 rings (SSSR count). The lowest BCUT2D eigenvalue weighted by atomic mass is 9.98. The van der Waals surface area contributed by atoms with E-state index < -0.39 is 5.60 Å². The summed E-state index contributed by atoms with van der Waals surface area (Å²) < 4.78 is 10.8. The number of methoxy groups -OCH3 is 1. The Balaban J connectivity index is 4.40. The summed E-state index contributed by atoms with van der Waals surface area (Å²) in [5.74, 6) is -0.0746. The number of carbonyl (C=O) groups excluding carboxylic acids is 1. The fourth-order valence-corrected chi connectivity index (χ4v) is 0.993. The molecule has 0 saturated carbocycles. The minimum absolute atomic E-state index is 0.0746. The first-order valence-electron chi connectivity index (χ1n) is 5.02. The number of rotatable bonds is 6. The maximum Gasteiger partial charge on any atom is 0.189 e. The molecule has 0 saturated heterocycles. The van der Waals surface area contributed by atoms with E-state index in [1.165, 1.54) is 0 Å². The summed E-state index contributed by atoms with van der Waals surface area (Å²) in [6.45, 7) is 13.0. The molecule has 0 aliphatic carbocycles. The number of hydrogen-bond acceptors (Lipinski definition) is 3.